The molecule has 3 atom stereocenters. The number of amides is 1. The highest BCUT2D eigenvalue weighted by Gasteiger charge is 2.40. The maximum atomic E-state index is 12.5. The number of anilines is 2. The van der Waals surface area contributed by atoms with E-state index in [2.05, 4.69) is 20.3 Å². The second-order valence-corrected chi connectivity index (χ2v) is 9.96. The lowest BCUT2D eigenvalue weighted by atomic mass is 10.1. The van der Waals surface area contributed by atoms with Crippen molar-refractivity contribution in [3.05, 3.63) is 53.1 Å². The third kappa shape index (κ3) is 5.74. The average Bonchev–Trinajstić information content (AvgIpc) is 3.36. The molecular formula is C25H30ClN5O4. The van der Waals surface area contributed by atoms with Crippen LogP contribution in [-0.2, 0) is 9.47 Å². The minimum atomic E-state index is -0.465. The Hall–Kier alpha value is -3.17. The minimum absolute atomic E-state index is 0.225. The first-order valence-corrected chi connectivity index (χ1v) is 11.9. The first kappa shape index (κ1) is 24.9. The molecule has 0 spiro atoms. The molecule has 9 nitrogen and oxygen atoms in total. The number of hydrogen-bond donors (Lipinski definition) is 1. The van der Waals surface area contributed by atoms with Crippen molar-refractivity contribution in [3.8, 4) is 11.3 Å². The lowest BCUT2D eigenvalue weighted by Gasteiger charge is -2.31. The second kappa shape index (κ2) is 9.83. The van der Waals surface area contributed by atoms with Gasteiger partial charge in [0, 0.05) is 16.8 Å². The molecule has 1 amide bonds. The van der Waals surface area contributed by atoms with E-state index < -0.39 is 6.09 Å². The fourth-order valence-corrected chi connectivity index (χ4v) is 4.09. The average molecular weight is 500 g/mol. The molecule has 3 aromatic rings. The van der Waals surface area contributed by atoms with Gasteiger partial charge < -0.3 is 19.2 Å². The molecule has 0 aliphatic carbocycles. The Labute approximate surface area is 209 Å². The zero-order chi connectivity index (χ0) is 25.3. The second-order valence-electron chi connectivity index (χ2n) is 9.53. The summed E-state index contributed by atoms with van der Waals surface area (Å²) in [6, 6.07) is 8.44. The standard InChI is InChI=1S/C25H30ClN5O4/c1-14-21(17-7-9-18(26)10-8-17)34-22(28-14)15(2)29-23-27-12-11-20(30-23)31-19(13-33-24(31)32)16(3)35-25(4,5)6/h7-12,15-16,19H,13H2,1-6H3,(H,27,29,30)/t15?,16-,19-/m1/s1. The van der Waals surface area contributed by atoms with Crippen molar-refractivity contribution in [2.45, 2.75) is 65.3 Å². The first-order chi connectivity index (χ1) is 16.5. The Morgan fingerprint density at radius 2 is 1.89 bits per heavy atom. The summed E-state index contributed by atoms with van der Waals surface area (Å²) in [4.78, 5) is 27.5. The van der Waals surface area contributed by atoms with Gasteiger partial charge in [0.1, 0.15) is 24.5 Å². The van der Waals surface area contributed by atoms with E-state index >= 15 is 0 Å². The number of carbonyl (C=O) groups is 1. The Morgan fingerprint density at radius 1 is 1.17 bits per heavy atom. The van der Waals surface area contributed by atoms with E-state index in [9.17, 15) is 4.79 Å². The molecular weight excluding hydrogens is 470 g/mol. The number of nitrogens with one attached hydrogen (secondary N) is 1. The summed E-state index contributed by atoms with van der Waals surface area (Å²) in [5.41, 5.74) is 1.30. The molecule has 1 fully saturated rings. The molecule has 4 rings (SSSR count). The van der Waals surface area contributed by atoms with Gasteiger partial charge in [-0.25, -0.2) is 14.8 Å². The van der Waals surface area contributed by atoms with Gasteiger partial charge in [0.25, 0.3) is 0 Å². The van der Waals surface area contributed by atoms with Crippen molar-refractivity contribution in [2.24, 2.45) is 0 Å². The van der Waals surface area contributed by atoms with E-state index in [0.717, 1.165) is 11.3 Å². The fraction of sp³-hybridized carbons (Fsp3) is 0.440. The van der Waals surface area contributed by atoms with Gasteiger partial charge in [-0.2, -0.15) is 4.98 Å². The molecule has 1 saturated heterocycles. The van der Waals surface area contributed by atoms with Crippen molar-refractivity contribution in [1.82, 2.24) is 15.0 Å². The van der Waals surface area contributed by atoms with E-state index in [-0.39, 0.29) is 30.4 Å². The molecule has 1 N–H and O–H groups in total. The Kier molecular flexibility index (Phi) is 7.00. The molecule has 35 heavy (non-hydrogen) atoms. The summed E-state index contributed by atoms with van der Waals surface area (Å²) in [6.45, 7) is 11.9. The van der Waals surface area contributed by atoms with Crippen LogP contribution >= 0.6 is 11.6 Å². The van der Waals surface area contributed by atoms with Gasteiger partial charge in [-0.15, -0.1) is 0 Å². The molecule has 1 unspecified atom stereocenters. The van der Waals surface area contributed by atoms with Gasteiger partial charge in [0.05, 0.1) is 17.4 Å². The van der Waals surface area contributed by atoms with E-state index in [0.29, 0.717) is 28.4 Å². The van der Waals surface area contributed by atoms with Gasteiger partial charge in [-0.1, -0.05) is 11.6 Å². The van der Waals surface area contributed by atoms with Crippen molar-refractivity contribution in [3.63, 3.8) is 0 Å². The summed E-state index contributed by atoms with van der Waals surface area (Å²) in [7, 11) is 0. The summed E-state index contributed by atoms with van der Waals surface area (Å²) in [6.07, 6.45) is 0.872. The Bertz CT molecular complexity index is 1190. The molecule has 0 bridgehead atoms. The summed E-state index contributed by atoms with van der Waals surface area (Å²) >= 11 is 6.00. The molecule has 1 aromatic carbocycles. The number of cyclic esters (lactones) is 1. The Balaban J connectivity index is 1.52. The largest absolute Gasteiger partial charge is 0.447 e. The summed E-state index contributed by atoms with van der Waals surface area (Å²) in [5, 5.41) is 3.87. The molecule has 2 aromatic heterocycles. The molecule has 1 aliphatic heterocycles. The topological polar surface area (TPSA) is 103 Å². The molecule has 0 radical (unpaired) electrons. The van der Waals surface area contributed by atoms with Gasteiger partial charge in [-0.05, 0) is 71.9 Å². The number of benzene rings is 1. The zero-order valence-electron chi connectivity index (χ0n) is 20.7. The lowest BCUT2D eigenvalue weighted by Crippen LogP contribution is -2.45. The van der Waals surface area contributed by atoms with Crippen LogP contribution in [0.25, 0.3) is 11.3 Å². The van der Waals surface area contributed by atoms with E-state index in [1.165, 1.54) is 4.90 Å². The number of halogens is 1. The van der Waals surface area contributed by atoms with Crippen LogP contribution in [0.15, 0.2) is 40.9 Å². The maximum absolute atomic E-state index is 12.5. The van der Waals surface area contributed by atoms with Crippen LogP contribution < -0.4 is 10.2 Å². The third-order valence-electron chi connectivity index (χ3n) is 5.51. The van der Waals surface area contributed by atoms with E-state index in [4.69, 9.17) is 25.5 Å². The number of rotatable bonds is 7. The Morgan fingerprint density at radius 3 is 2.57 bits per heavy atom. The van der Waals surface area contributed by atoms with Crippen LogP contribution in [0, 0.1) is 6.92 Å². The highest BCUT2D eigenvalue weighted by molar-refractivity contribution is 6.30. The molecule has 1 aliphatic rings. The monoisotopic (exact) mass is 499 g/mol. The number of aromatic nitrogens is 3. The molecule has 3 heterocycles. The third-order valence-corrected chi connectivity index (χ3v) is 5.76. The molecule has 0 saturated carbocycles. The number of carbonyl (C=O) groups excluding carboxylic acids is 1. The predicted octanol–water partition coefficient (Wildman–Crippen LogP) is 5.80. The van der Waals surface area contributed by atoms with Crippen LogP contribution in [0.1, 0.15) is 52.2 Å². The van der Waals surface area contributed by atoms with Gasteiger partial charge >= 0.3 is 6.09 Å². The van der Waals surface area contributed by atoms with Gasteiger partial charge in [0.15, 0.2) is 5.76 Å². The maximum Gasteiger partial charge on any atom is 0.416 e. The number of nitrogens with zero attached hydrogens (tertiary/aromatic N) is 4. The normalized spacial score (nSPS) is 17.9. The molecule has 186 valence electrons. The van der Waals surface area contributed by atoms with Crippen LogP contribution in [0.2, 0.25) is 5.02 Å². The highest BCUT2D eigenvalue weighted by Crippen LogP contribution is 2.30. The van der Waals surface area contributed by atoms with E-state index in [1.54, 1.807) is 12.3 Å². The van der Waals surface area contributed by atoms with Crippen LogP contribution in [0.4, 0.5) is 16.6 Å². The minimum Gasteiger partial charge on any atom is -0.447 e. The number of oxazole rings is 1. The lowest BCUT2D eigenvalue weighted by molar-refractivity contribution is -0.0618. The quantitative estimate of drug-likeness (QED) is 0.435. The van der Waals surface area contributed by atoms with Crippen LogP contribution in [0.3, 0.4) is 0 Å². The van der Waals surface area contributed by atoms with E-state index in [1.807, 2.05) is 65.8 Å². The summed E-state index contributed by atoms with van der Waals surface area (Å²) < 4.78 is 17.4. The highest BCUT2D eigenvalue weighted by atomic mass is 35.5. The number of aryl methyl sites for hydroxylation is 1. The van der Waals surface area contributed by atoms with Gasteiger partial charge in [-0.3, -0.25) is 4.90 Å². The van der Waals surface area contributed by atoms with Crippen molar-refractivity contribution < 1.29 is 18.7 Å². The number of ether oxygens (including phenoxy) is 2. The zero-order valence-corrected chi connectivity index (χ0v) is 21.5. The van der Waals surface area contributed by atoms with Crippen molar-refractivity contribution >= 4 is 29.5 Å². The first-order valence-electron chi connectivity index (χ1n) is 11.5. The smallest absolute Gasteiger partial charge is 0.416 e. The van der Waals surface area contributed by atoms with Crippen molar-refractivity contribution in [2.75, 3.05) is 16.8 Å². The van der Waals surface area contributed by atoms with Crippen LogP contribution in [-0.4, -0.2) is 45.4 Å². The predicted molar refractivity (Wildman–Crippen MR) is 134 cm³/mol. The van der Waals surface area contributed by atoms with Crippen LogP contribution in [0.5, 0.6) is 0 Å². The fourth-order valence-electron chi connectivity index (χ4n) is 3.96. The molecule has 10 heteroatoms. The van der Waals surface area contributed by atoms with Gasteiger partial charge in [0.2, 0.25) is 11.8 Å². The SMILES string of the molecule is Cc1nc(C(C)Nc2nccc(N3C(=O)OC[C@@H]3[C@@H](C)OC(C)(C)C)n2)oc1-c1ccc(Cl)cc1. The summed E-state index contributed by atoms with van der Waals surface area (Å²) in [5.74, 6) is 1.93. The number of hydrogen-bond acceptors (Lipinski definition) is 8. The van der Waals surface area contributed by atoms with Crippen molar-refractivity contribution in [1.29, 1.82) is 0 Å².